The van der Waals surface area contributed by atoms with E-state index in [4.69, 9.17) is 4.74 Å². The first-order valence-corrected chi connectivity index (χ1v) is 12.3. The molecule has 1 heterocycles. The third-order valence-corrected chi connectivity index (χ3v) is 7.04. The van der Waals surface area contributed by atoms with E-state index in [0.717, 1.165) is 0 Å². The maximum absolute atomic E-state index is 12.9. The van der Waals surface area contributed by atoms with Gasteiger partial charge in [0.1, 0.15) is 0 Å². The van der Waals surface area contributed by atoms with Crippen molar-refractivity contribution in [2.75, 3.05) is 52.4 Å². The molecule has 9 nitrogen and oxygen atoms in total. The summed E-state index contributed by atoms with van der Waals surface area (Å²) in [5, 5.41) is 0. The molecule has 1 saturated heterocycles. The Morgan fingerprint density at radius 2 is 1.62 bits per heavy atom. The first kappa shape index (κ1) is 26.0. The minimum Gasteiger partial charge on any atom is -0.465 e. The molecule has 0 radical (unpaired) electrons. The van der Waals surface area contributed by atoms with Gasteiger partial charge in [-0.15, -0.1) is 0 Å². The number of amides is 1. The molecule has 0 bridgehead atoms. The topological polar surface area (TPSA) is 104 Å². The van der Waals surface area contributed by atoms with Gasteiger partial charge in [0.05, 0.1) is 24.6 Å². The summed E-state index contributed by atoms with van der Waals surface area (Å²) in [6, 6.07) is 5.87. The van der Waals surface area contributed by atoms with E-state index in [0.29, 0.717) is 12.1 Å². The van der Waals surface area contributed by atoms with Crippen LogP contribution in [-0.2, 0) is 24.3 Å². The number of ketones is 1. The van der Waals surface area contributed by atoms with Crippen LogP contribution in [0.2, 0.25) is 0 Å². The van der Waals surface area contributed by atoms with Crippen LogP contribution in [-0.4, -0.2) is 92.6 Å². The van der Waals surface area contributed by atoms with E-state index in [1.165, 1.54) is 35.5 Å². The lowest BCUT2D eigenvalue weighted by Gasteiger charge is -2.35. The minimum absolute atomic E-state index is 0.0440. The average Bonchev–Trinajstić information content (AvgIpc) is 2.73. The normalized spacial score (nSPS) is 15.2. The highest BCUT2D eigenvalue weighted by molar-refractivity contribution is 7.89. The summed E-state index contributed by atoms with van der Waals surface area (Å²) in [7, 11) is -3.70. The van der Waals surface area contributed by atoms with Crippen LogP contribution < -0.4 is 0 Å². The van der Waals surface area contributed by atoms with Gasteiger partial charge in [-0.25, -0.2) is 8.42 Å². The van der Waals surface area contributed by atoms with Crippen molar-refractivity contribution < 1.29 is 27.5 Å². The Hall–Kier alpha value is -2.30. The van der Waals surface area contributed by atoms with Crippen LogP contribution in [0.1, 0.15) is 38.1 Å². The molecule has 0 unspecified atom stereocenters. The van der Waals surface area contributed by atoms with Gasteiger partial charge in [0.2, 0.25) is 15.9 Å². The molecule has 0 N–H and O–H groups in total. The number of hydrogen-bond acceptors (Lipinski definition) is 7. The lowest BCUT2D eigenvalue weighted by Crippen LogP contribution is -2.53. The molecular weight excluding hydrogens is 434 g/mol. The minimum atomic E-state index is -3.70. The van der Waals surface area contributed by atoms with E-state index in [-0.39, 0.29) is 74.3 Å². The number of piperazine rings is 1. The van der Waals surface area contributed by atoms with Crippen molar-refractivity contribution in [2.24, 2.45) is 5.92 Å². The number of carbonyl (C=O) groups is 3. The number of ether oxygens (including phenoxy) is 1. The Balaban J connectivity index is 1.97. The van der Waals surface area contributed by atoms with Crippen molar-refractivity contribution in [3.05, 3.63) is 29.8 Å². The van der Waals surface area contributed by atoms with Crippen molar-refractivity contribution in [3.63, 3.8) is 0 Å². The number of Topliss-reactive ketones (excluding diaryl/α,β-unsaturated/α-hetero) is 1. The van der Waals surface area contributed by atoms with Crippen LogP contribution in [0.4, 0.5) is 0 Å². The Morgan fingerprint density at radius 1 is 1.03 bits per heavy atom. The van der Waals surface area contributed by atoms with Crippen molar-refractivity contribution in [3.8, 4) is 0 Å². The molecule has 1 aromatic carbocycles. The molecule has 1 aliphatic heterocycles. The van der Waals surface area contributed by atoms with E-state index in [9.17, 15) is 22.8 Å². The summed E-state index contributed by atoms with van der Waals surface area (Å²) >= 11 is 0. The summed E-state index contributed by atoms with van der Waals surface area (Å²) in [5.74, 6) is -0.366. The number of esters is 1. The Bertz CT molecular complexity index is 906. The lowest BCUT2D eigenvalue weighted by atomic mass is 10.2. The zero-order valence-corrected chi connectivity index (χ0v) is 20.1. The molecule has 0 aliphatic carbocycles. The van der Waals surface area contributed by atoms with Gasteiger partial charge >= 0.3 is 5.97 Å². The smallest absolute Gasteiger partial charge is 0.320 e. The van der Waals surface area contributed by atoms with E-state index < -0.39 is 10.0 Å². The maximum atomic E-state index is 12.9. The largest absolute Gasteiger partial charge is 0.465 e. The quantitative estimate of drug-likeness (QED) is 0.377. The molecule has 10 heteroatoms. The van der Waals surface area contributed by atoms with Gasteiger partial charge in [-0.05, 0) is 31.9 Å². The van der Waals surface area contributed by atoms with Crippen LogP contribution in [0.15, 0.2) is 29.2 Å². The molecule has 1 aliphatic rings. The van der Waals surface area contributed by atoms with E-state index in [1.807, 2.05) is 13.8 Å². The fraction of sp³-hybridized carbons (Fsp3) is 0.591. The van der Waals surface area contributed by atoms with Crippen molar-refractivity contribution in [1.29, 1.82) is 0 Å². The number of benzene rings is 1. The standard InChI is InChI=1S/C22H33N3O6S/c1-5-31-22(28)16-23(14-17(2)3)15-21(27)24-10-12-25(13-11-24)32(29,30)20-8-6-19(7-9-20)18(4)26/h6-9,17H,5,10-16H2,1-4H3. The molecule has 32 heavy (non-hydrogen) atoms. The third-order valence-electron chi connectivity index (χ3n) is 5.13. The van der Waals surface area contributed by atoms with Gasteiger partial charge in [-0.3, -0.25) is 19.3 Å². The second-order valence-corrected chi connectivity index (χ2v) is 10.2. The Morgan fingerprint density at radius 3 is 2.12 bits per heavy atom. The van der Waals surface area contributed by atoms with Gasteiger partial charge in [0, 0.05) is 38.3 Å². The number of carbonyl (C=O) groups excluding carboxylic acids is 3. The highest BCUT2D eigenvalue weighted by atomic mass is 32.2. The predicted octanol–water partition coefficient (Wildman–Crippen LogP) is 1.24. The first-order chi connectivity index (χ1) is 15.0. The molecule has 0 spiro atoms. The zero-order valence-electron chi connectivity index (χ0n) is 19.2. The van der Waals surface area contributed by atoms with Crippen LogP contribution >= 0.6 is 0 Å². The number of hydrogen-bond donors (Lipinski definition) is 0. The summed E-state index contributed by atoms with van der Waals surface area (Å²) in [5.41, 5.74) is 0.452. The predicted molar refractivity (Wildman–Crippen MR) is 120 cm³/mol. The van der Waals surface area contributed by atoms with Gasteiger partial charge in [-0.2, -0.15) is 4.31 Å². The molecular formula is C22H33N3O6S. The van der Waals surface area contributed by atoms with Gasteiger partial charge in [0.15, 0.2) is 5.78 Å². The van der Waals surface area contributed by atoms with Crippen LogP contribution in [0.3, 0.4) is 0 Å². The van der Waals surface area contributed by atoms with E-state index in [2.05, 4.69) is 0 Å². The Kier molecular flexibility index (Phi) is 9.35. The molecule has 1 amide bonds. The summed E-state index contributed by atoms with van der Waals surface area (Å²) in [4.78, 5) is 39.6. The van der Waals surface area contributed by atoms with Crippen molar-refractivity contribution in [1.82, 2.24) is 14.1 Å². The maximum Gasteiger partial charge on any atom is 0.320 e. The number of rotatable bonds is 10. The lowest BCUT2D eigenvalue weighted by molar-refractivity contribution is -0.145. The second kappa shape index (κ2) is 11.5. The molecule has 2 rings (SSSR count). The molecule has 178 valence electrons. The molecule has 1 aromatic rings. The first-order valence-electron chi connectivity index (χ1n) is 10.8. The van der Waals surface area contributed by atoms with E-state index >= 15 is 0 Å². The number of nitrogens with zero attached hydrogens (tertiary/aromatic N) is 3. The molecule has 0 atom stereocenters. The summed E-state index contributed by atoms with van der Waals surface area (Å²) in [6.07, 6.45) is 0. The van der Waals surface area contributed by atoms with Crippen LogP contribution in [0.25, 0.3) is 0 Å². The van der Waals surface area contributed by atoms with Crippen molar-refractivity contribution in [2.45, 2.75) is 32.6 Å². The van der Waals surface area contributed by atoms with Crippen LogP contribution in [0, 0.1) is 5.92 Å². The molecule has 1 fully saturated rings. The van der Waals surface area contributed by atoms with Crippen LogP contribution in [0.5, 0.6) is 0 Å². The second-order valence-electron chi connectivity index (χ2n) is 8.23. The van der Waals surface area contributed by atoms with Crippen molar-refractivity contribution >= 4 is 27.7 Å². The van der Waals surface area contributed by atoms with Gasteiger partial charge in [-0.1, -0.05) is 26.0 Å². The highest BCUT2D eigenvalue weighted by Crippen LogP contribution is 2.19. The zero-order chi connectivity index (χ0) is 23.9. The monoisotopic (exact) mass is 467 g/mol. The Labute approximate surface area is 190 Å². The molecule has 0 aromatic heterocycles. The average molecular weight is 468 g/mol. The molecule has 0 saturated carbocycles. The highest BCUT2D eigenvalue weighted by Gasteiger charge is 2.31. The van der Waals surface area contributed by atoms with E-state index in [1.54, 1.807) is 16.7 Å². The fourth-order valence-corrected chi connectivity index (χ4v) is 4.99. The summed E-state index contributed by atoms with van der Waals surface area (Å²) < 4.78 is 32.2. The van der Waals surface area contributed by atoms with Gasteiger partial charge < -0.3 is 9.64 Å². The van der Waals surface area contributed by atoms with Gasteiger partial charge in [0.25, 0.3) is 0 Å². The third kappa shape index (κ3) is 7.11. The summed E-state index contributed by atoms with van der Waals surface area (Å²) in [6.45, 7) is 9.09. The fourth-order valence-electron chi connectivity index (χ4n) is 3.57. The SMILES string of the molecule is CCOC(=O)CN(CC(=O)N1CCN(S(=O)(=O)c2ccc(C(C)=O)cc2)CC1)CC(C)C. The number of sulfonamides is 1.